The normalized spacial score (nSPS) is 13.0. The van der Waals surface area contributed by atoms with Gasteiger partial charge in [0.1, 0.15) is 0 Å². The van der Waals surface area contributed by atoms with Gasteiger partial charge < -0.3 is 0 Å². The van der Waals surface area contributed by atoms with Crippen molar-refractivity contribution in [1.82, 2.24) is 0 Å². The molecular weight excluding hydrogens is 280 g/mol. The van der Waals surface area contributed by atoms with Gasteiger partial charge in [-0.25, -0.2) is 8.42 Å². The zero-order valence-electron chi connectivity index (χ0n) is 14.6. The van der Waals surface area contributed by atoms with Crippen molar-refractivity contribution in [2.45, 2.75) is 66.1 Å². The minimum atomic E-state index is -3.02. The SMILES string of the molecule is Cc1cc(C(C)(C)C)cc(C)c1CS(=O)(=O)CCC(C)C. The summed E-state index contributed by atoms with van der Waals surface area (Å²) in [4.78, 5) is 0. The molecule has 0 aliphatic rings. The van der Waals surface area contributed by atoms with Crippen LogP contribution in [0.15, 0.2) is 12.1 Å². The molecule has 0 aliphatic carbocycles. The van der Waals surface area contributed by atoms with E-state index in [1.807, 2.05) is 13.8 Å². The molecular formula is C18H30O2S. The molecule has 1 rings (SSSR count). The maximum atomic E-state index is 12.3. The van der Waals surface area contributed by atoms with Gasteiger partial charge in [0, 0.05) is 0 Å². The van der Waals surface area contributed by atoms with E-state index in [2.05, 4.69) is 46.8 Å². The maximum Gasteiger partial charge on any atom is 0.154 e. The monoisotopic (exact) mass is 310 g/mol. The fraction of sp³-hybridized carbons (Fsp3) is 0.667. The molecule has 0 saturated heterocycles. The van der Waals surface area contributed by atoms with Crippen LogP contribution in [0.1, 0.15) is 63.3 Å². The van der Waals surface area contributed by atoms with Crippen LogP contribution in [0.2, 0.25) is 0 Å². The Morgan fingerprint density at radius 1 is 1.05 bits per heavy atom. The molecule has 0 atom stereocenters. The molecule has 0 fully saturated rings. The van der Waals surface area contributed by atoms with E-state index >= 15 is 0 Å². The summed E-state index contributed by atoms with van der Waals surface area (Å²) in [5, 5.41) is 0. The summed E-state index contributed by atoms with van der Waals surface area (Å²) in [6.07, 6.45) is 0.737. The molecule has 0 unspecified atom stereocenters. The molecule has 2 nitrogen and oxygen atoms in total. The lowest BCUT2D eigenvalue weighted by Crippen LogP contribution is -2.15. The van der Waals surface area contributed by atoms with Crippen LogP contribution in [-0.2, 0) is 21.0 Å². The van der Waals surface area contributed by atoms with Crippen molar-refractivity contribution in [3.05, 3.63) is 34.4 Å². The molecule has 0 aliphatic heterocycles. The average molecular weight is 311 g/mol. The van der Waals surface area contributed by atoms with Crippen molar-refractivity contribution >= 4 is 9.84 Å². The second-order valence-corrected chi connectivity index (χ2v) is 9.80. The molecule has 1 aromatic carbocycles. The van der Waals surface area contributed by atoms with Crippen molar-refractivity contribution in [3.8, 4) is 0 Å². The summed E-state index contributed by atoms with van der Waals surface area (Å²) in [6, 6.07) is 4.28. The summed E-state index contributed by atoms with van der Waals surface area (Å²) in [5.41, 5.74) is 4.51. The van der Waals surface area contributed by atoms with Crippen LogP contribution in [0.3, 0.4) is 0 Å². The van der Waals surface area contributed by atoms with Gasteiger partial charge >= 0.3 is 0 Å². The summed E-state index contributed by atoms with van der Waals surface area (Å²) in [7, 11) is -3.02. The second kappa shape index (κ2) is 6.51. The molecule has 0 aromatic heterocycles. The third-order valence-corrected chi connectivity index (χ3v) is 5.52. The Kier molecular flexibility index (Phi) is 5.65. The van der Waals surface area contributed by atoms with E-state index in [0.29, 0.717) is 5.92 Å². The van der Waals surface area contributed by atoms with E-state index in [1.165, 1.54) is 5.56 Å². The Labute approximate surface area is 130 Å². The summed E-state index contributed by atoms with van der Waals surface area (Å²) < 4.78 is 24.6. The van der Waals surface area contributed by atoms with Crippen LogP contribution >= 0.6 is 0 Å². The first-order valence-corrected chi connectivity index (χ1v) is 9.55. The highest BCUT2D eigenvalue weighted by molar-refractivity contribution is 7.90. The highest BCUT2D eigenvalue weighted by Gasteiger charge is 2.19. The van der Waals surface area contributed by atoms with Crippen LogP contribution in [-0.4, -0.2) is 14.2 Å². The summed E-state index contributed by atoms with van der Waals surface area (Å²) in [5.74, 6) is 0.872. The standard InChI is InChI=1S/C18H30O2S/c1-13(2)8-9-21(19,20)12-17-14(3)10-16(11-15(17)4)18(5,6)7/h10-11,13H,8-9,12H2,1-7H3. The van der Waals surface area contributed by atoms with Gasteiger partial charge in [0.25, 0.3) is 0 Å². The number of rotatable bonds is 5. The predicted molar refractivity (Wildman–Crippen MR) is 91.6 cm³/mol. The molecule has 0 radical (unpaired) electrons. The topological polar surface area (TPSA) is 34.1 Å². The Bertz CT molecular complexity index is 567. The van der Waals surface area contributed by atoms with Crippen LogP contribution in [0.5, 0.6) is 0 Å². The van der Waals surface area contributed by atoms with Gasteiger partial charge in [-0.2, -0.15) is 0 Å². The Morgan fingerprint density at radius 2 is 1.52 bits per heavy atom. The average Bonchev–Trinajstić information content (AvgIpc) is 2.30. The van der Waals surface area contributed by atoms with E-state index < -0.39 is 9.84 Å². The molecule has 0 N–H and O–H groups in total. The van der Waals surface area contributed by atoms with Crippen LogP contribution < -0.4 is 0 Å². The number of aryl methyl sites for hydroxylation is 2. The maximum absolute atomic E-state index is 12.3. The number of benzene rings is 1. The number of hydrogen-bond donors (Lipinski definition) is 0. The predicted octanol–water partition coefficient (Wildman–Crippen LogP) is 4.56. The lowest BCUT2D eigenvalue weighted by Gasteiger charge is -2.22. The van der Waals surface area contributed by atoms with E-state index in [4.69, 9.17) is 0 Å². The fourth-order valence-electron chi connectivity index (χ4n) is 2.36. The molecule has 0 bridgehead atoms. The van der Waals surface area contributed by atoms with Crippen molar-refractivity contribution in [2.24, 2.45) is 5.92 Å². The van der Waals surface area contributed by atoms with Crippen LogP contribution in [0, 0.1) is 19.8 Å². The Hall–Kier alpha value is -0.830. The number of hydrogen-bond acceptors (Lipinski definition) is 2. The zero-order chi connectivity index (χ0) is 16.4. The second-order valence-electron chi connectivity index (χ2n) is 7.61. The zero-order valence-corrected chi connectivity index (χ0v) is 15.4. The Balaban J connectivity index is 3.05. The van der Waals surface area contributed by atoms with Crippen molar-refractivity contribution in [1.29, 1.82) is 0 Å². The molecule has 0 saturated carbocycles. The van der Waals surface area contributed by atoms with Gasteiger partial charge in [-0.15, -0.1) is 0 Å². The van der Waals surface area contributed by atoms with Gasteiger partial charge in [-0.1, -0.05) is 46.8 Å². The van der Waals surface area contributed by atoms with Gasteiger partial charge in [0.15, 0.2) is 9.84 Å². The van der Waals surface area contributed by atoms with Crippen molar-refractivity contribution in [3.63, 3.8) is 0 Å². The Morgan fingerprint density at radius 3 is 1.90 bits per heavy atom. The molecule has 0 spiro atoms. The molecule has 21 heavy (non-hydrogen) atoms. The highest BCUT2D eigenvalue weighted by Crippen LogP contribution is 2.28. The highest BCUT2D eigenvalue weighted by atomic mass is 32.2. The van der Waals surface area contributed by atoms with Crippen molar-refractivity contribution in [2.75, 3.05) is 5.75 Å². The lowest BCUT2D eigenvalue weighted by atomic mass is 9.84. The minimum absolute atomic E-state index is 0.0879. The summed E-state index contributed by atoms with van der Waals surface area (Å²) >= 11 is 0. The van der Waals surface area contributed by atoms with Crippen molar-refractivity contribution < 1.29 is 8.42 Å². The first kappa shape index (κ1) is 18.2. The quantitative estimate of drug-likeness (QED) is 0.799. The molecule has 120 valence electrons. The fourth-order valence-corrected chi connectivity index (χ4v) is 4.23. The molecule has 0 amide bonds. The van der Waals surface area contributed by atoms with Gasteiger partial charge in [-0.05, 0) is 53.9 Å². The van der Waals surface area contributed by atoms with E-state index in [0.717, 1.165) is 23.1 Å². The van der Waals surface area contributed by atoms with E-state index in [-0.39, 0.29) is 16.9 Å². The van der Waals surface area contributed by atoms with Gasteiger partial charge in [0.2, 0.25) is 0 Å². The lowest BCUT2D eigenvalue weighted by molar-refractivity contribution is 0.572. The number of sulfone groups is 1. The van der Waals surface area contributed by atoms with Crippen LogP contribution in [0.4, 0.5) is 0 Å². The smallest absolute Gasteiger partial charge is 0.154 e. The molecule has 1 aromatic rings. The van der Waals surface area contributed by atoms with Gasteiger partial charge in [0.05, 0.1) is 11.5 Å². The third kappa shape index (κ3) is 5.46. The largest absolute Gasteiger partial charge is 0.228 e. The molecule has 0 heterocycles. The van der Waals surface area contributed by atoms with Crippen LogP contribution in [0.25, 0.3) is 0 Å². The third-order valence-electron chi connectivity index (χ3n) is 3.93. The first-order chi connectivity index (χ1) is 9.42. The molecule has 3 heteroatoms. The van der Waals surface area contributed by atoms with E-state index in [1.54, 1.807) is 0 Å². The minimum Gasteiger partial charge on any atom is -0.228 e. The first-order valence-electron chi connectivity index (χ1n) is 7.73. The summed E-state index contributed by atoms with van der Waals surface area (Å²) in [6.45, 7) is 14.7. The van der Waals surface area contributed by atoms with Gasteiger partial charge in [-0.3, -0.25) is 0 Å². The van der Waals surface area contributed by atoms with E-state index in [9.17, 15) is 8.42 Å².